The zero-order valence-corrected chi connectivity index (χ0v) is 6.64. The van der Waals surface area contributed by atoms with Gasteiger partial charge in [0.05, 0.1) is 0 Å². The molecule has 62 valence electrons. The highest BCUT2D eigenvalue weighted by Gasteiger charge is 2.28. The first kappa shape index (κ1) is 7.47. The lowest BCUT2D eigenvalue weighted by atomic mass is 10.0. The number of allylic oxidation sites excluding steroid dienone is 1. The number of rotatable bonds is 0. The Morgan fingerprint density at radius 1 is 1.17 bits per heavy atom. The van der Waals surface area contributed by atoms with Gasteiger partial charge in [-0.3, -0.25) is 0 Å². The maximum atomic E-state index is 13.1. The van der Waals surface area contributed by atoms with E-state index in [9.17, 15) is 8.78 Å². The van der Waals surface area contributed by atoms with Crippen LogP contribution in [0.1, 0.15) is 24.0 Å². The molecule has 0 heterocycles. The first-order valence-corrected chi connectivity index (χ1v) is 3.86. The van der Waals surface area contributed by atoms with Gasteiger partial charge in [0, 0.05) is 11.5 Å². The summed E-state index contributed by atoms with van der Waals surface area (Å²) in [6.45, 7) is 1.67. The number of hydrogen-bond acceptors (Lipinski definition) is 0. The Balaban J connectivity index is 2.65. The summed E-state index contributed by atoms with van der Waals surface area (Å²) >= 11 is 0. The standard InChI is InChI=1S/C10H8F2/c1-6-7-4-2-3-5-8(7)10(12)9(6)11/h2-6H,1H3. The molecular weight excluding hydrogens is 158 g/mol. The highest BCUT2D eigenvalue weighted by Crippen LogP contribution is 2.42. The van der Waals surface area contributed by atoms with Crippen molar-refractivity contribution in [2.75, 3.05) is 0 Å². The summed E-state index contributed by atoms with van der Waals surface area (Å²) in [5.41, 5.74) is 1.15. The molecule has 0 bridgehead atoms. The number of hydrogen-bond donors (Lipinski definition) is 0. The molecule has 0 saturated carbocycles. The van der Waals surface area contributed by atoms with Gasteiger partial charge in [0.15, 0.2) is 5.83 Å². The first-order chi connectivity index (χ1) is 5.72. The second kappa shape index (κ2) is 2.41. The normalized spacial score (nSPS) is 21.4. The fourth-order valence-electron chi connectivity index (χ4n) is 1.53. The summed E-state index contributed by atoms with van der Waals surface area (Å²) in [6.07, 6.45) is 0. The van der Waals surface area contributed by atoms with Gasteiger partial charge in [-0.2, -0.15) is 0 Å². The van der Waals surface area contributed by atoms with Crippen molar-refractivity contribution in [1.82, 2.24) is 0 Å². The van der Waals surface area contributed by atoms with E-state index in [0.717, 1.165) is 5.56 Å². The molecule has 0 aliphatic heterocycles. The van der Waals surface area contributed by atoms with Gasteiger partial charge in [-0.25, -0.2) is 8.78 Å². The zero-order valence-electron chi connectivity index (χ0n) is 6.64. The Kier molecular flexibility index (Phi) is 1.50. The molecule has 0 aromatic heterocycles. The summed E-state index contributed by atoms with van der Waals surface area (Å²) in [5.74, 6) is -1.75. The molecule has 2 heteroatoms. The molecule has 0 nitrogen and oxygen atoms in total. The van der Waals surface area contributed by atoms with Gasteiger partial charge in [0.25, 0.3) is 0 Å². The van der Waals surface area contributed by atoms with Crippen molar-refractivity contribution in [2.45, 2.75) is 12.8 Å². The molecule has 0 saturated heterocycles. The van der Waals surface area contributed by atoms with Gasteiger partial charge in [-0.1, -0.05) is 31.2 Å². The van der Waals surface area contributed by atoms with Crippen LogP contribution in [0.25, 0.3) is 5.83 Å². The van der Waals surface area contributed by atoms with E-state index in [1.807, 2.05) is 0 Å². The topological polar surface area (TPSA) is 0 Å². The number of fused-ring (bicyclic) bond motifs is 1. The Bertz CT molecular complexity index is 353. The molecule has 0 amide bonds. The van der Waals surface area contributed by atoms with Crippen LogP contribution in [0.15, 0.2) is 30.1 Å². The maximum Gasteiger partial charge on any atom is 0.162 e. The van der Waals surface area contributed by atoms with E-state index in [1.165, 1.54) is 0 Å². The van der Waals surface area contributed by atoms with Crippen molar-refractivity contribution in [3.63, 3.8) is 0 Å². The van der Waals surface area contributed by atoms with Crippen LogP contribution in [0.5, 0.6) is 0 Å². The van der Waals surface area contributed by atoms with E-state index in [2.05, 4.69) is 0 Å². The zero-order chi connectivity index (χ0) is 8.72. The molecule has 0 fully saturated rings. The van der Waals surface area contributed by atoms with Crippen LogP contribution < -0.4 is 0 Å². The molecular formula is C10H8F2. The van der Waals surface area contributed by atoms with Crippen molar-refractivity contribution in [3.8, 4) is 0 Å². The number of benzene rings is 1. The average molecular weight is 166 g/mol. The molecule has 0 N–H and O–H groups in total. The predicted octanol–water partition coefficient (Wildman–Crippen LogP) is 3.41. The third kappa shape index (κ3) is 0.809. The van der Waals surface area contributed by atoms with Crippen LogP contribution in [-0.2, 0) is 0 Å². The van der Waals surface area contributed by atoms with Crippen LogP contribution in [0.2, 0.25) is 0 Å². The molecule has 1 aliphatic carbocycles. The van der Waals surface area contributed by atoms with Gasteiger partial charge < -0.3 is 0 Å². The van der Waals surface area contributed by atoms with E-state index in [0.29, 0.717) is 5.56 Å². The minimum absolute atomic E-state index is 0.405. The van der Waals surface area contributed by atoms with Crippen LogP contribution in [0.3, 0.4) is 0 Å². The fraction of sp³-hybridized carbons (Fsp3) is 0.200. The second-order valence-electron chi connectivity index (χ2n) is 2.97. The summed E-state index contributed by atoms with van der Waals surface area (Å²) in [6, 6.07) is 6.87. The molecule has 2 rings (SSSR count). The second-order valence-corrected chi connectivity index (χ2v) is 2.97. The van der Waals surface area contributed by atoms with Crippen molar-refractivity contribution >= 4 is 5.83 Å². The van der Waals surface area contributed by atoms with E-state index in [1.54, 1.807) is 31.2 Å². The van der Waals surface area contributed by atoms with Gasteiger partial charge in [0.2, 0.25) is 0 Å². The molecule has 1 unspecified atom stereocenters. The van der Waals surface area contributed by atoms with E-state index >= 15 is 0 Å². The van der Waals surface area contributed by atoms with Gasteiger partial charge >= 0.3 is 0 Å². The maximum absolute atomic E-state index is 13.1. The van der Waals surface area contributed by atoms with Crippen molar-refractivity contribution in [2.24, 2.45) is 0 Å². The Morgan fingerprint density at radius 2 is 1.83 bits per heavy atom. The van der Waals surface area contributed by atoms with Gasteiger partial charge in [-0.15, -0.1) is 0 Å². The van der Waals surface area contributed by atoms with Crippen LogP contribution in [0.4, 0.5) is 8.78 Å². The minimum Gasteiger partial charge on any atom is -0.208 e. The smallest absolute Gasteiger partial charge is 0.162 e. The molecule has 0 radical (unpaired) electrons. The lowest BCUT2D eigenvalue weighted by molar-refractivity contribution is 0.557. The summed E-state index contributed by atoms with van der Waals surface area (Å²) in [5, 5.41) is 0. The Morgan fingerprint density at radius 3 is 2.50 bits per heavy atom. The molecule has 1 atom stereocenters. The van der Waals surface area contributed by atoms with Gasteiger partial charge in [0.1, 0.15) is 5.83 Å². The number of halogens is 2. The monoisotopic (exact) mass is 166 g/mol. The van der Waals surface area contributed by atoms with Crippen molar-refractivity contribution in [3.05, 3.63) is 41.2 Å². The predicted molar refractivity (Wildman–Crippen MR) is 44.0 cm³/mol. The highest BCUT2D eigenvalue weighted by atomic mass is 19.2. The third-order valence-electron chi connectivity index (χ3n) is 2.25. The van der Waals surface area contributed by atoms with Crippen molar-refractivity contribution in [1.29, 1.82) is 0 Å². The van der Waals surface area contributed by atoms with Crippen LogP contribution >= 0.6 is 0 Å². The largest absolute Gasteiger partial charge is 0.208 e. The van der Waals surface area contributed by atoms with E-state index in [4.69, 9.17) is 0 Å². The van der Waals surface area contributed by atoms with Crippen LogP contribution in [0, 0.1) is 0 Å². The van der Waals surface area contributed by atoms with Gasteiger partial charge in [-0.05, 0) is 5.56 Å². The van der Waals surface area contributed by atoms with Crippen LogP contribution in [-0.4, -0.2) is 0 Å². The summed E-state index contributed by atoms with van der Waals surface area (Å²) < 4.78 is 26.1. The average Bonchev–Trinajstić information content (AvgIpc) is 2.33. The van der Waals surface area contributed by atoms with E-state index < -0.39 is 17.6 Å². The molecule has 1 aromatic rings. The minimum atomic E-state index is -0.696. The lowest BCUT2D eigenvalue weighted by Crippen LogP contribution is -1.87. The summed E-state index contributed by atoms with van der Waals surface area (Å²) in [7, 11) is 0. The Labute approximate surface area is 69.5 Å². The molecule has 0 spiro atoms. The SMILES string of the molecule is CC1C(F)=C(F)c2ccccc21. The first-order valence-electron chi connectivity index (χ1n) is 3.86. The third-order valence-corrected chi connectivity index (χ3v) is 2.25. The van der Waals surface area contributed by atoms with Crippen molar-refractivity contribution < 1.29 is 8.78 Å². The lowest BCUT2D eigenvalue weighted by Gasteiger charge is -2.02. The Hall–Kier alpha value is -1.18. The highest BCUT2D eigenvalue weighted by molar-refractivity contribution is 5.71. The quantitative estimate of drug-likeness (QED) is 0.554. The molecule has 1 aliphatic rings. The van der Waals surface area contributed by atoms with E-state index in [-0.39, 0.29) is 0 Å². The molecule has 1 aromatic carbocycles. The summed E-state index contributed by atoms with van der Waals surface area (Å²) in [4.78, 5) is 0. The fourth-order valence-corrected chi connectivity index (χ4v) is 1.53. The molecule has 12 heavy (non-hydrogen) atoms.